The van der Waals surface area contributed by atoms with Gasteiger partial charge in [0, 0.05) is 6.54 Å². The first-order valence-corrected chi connectivity index (χ1v) is 6.19. The van der Waals surface area contributed by atoms with E-state index in [-0.39, 0.29) is 0 Å². The van der Waals surface area contributed by atoms with Crippen LogP contribution in [0.1, 0.15) is 47.5 Å². The fraction of sp³-hybridized carbons (Fsp3) is 1.00. The van der Waals surface area contributed by atoms with Crippen LogP contribution in [0.3, 0.4) is 0 Å². The highest BCUT2D eigenvalue weighted by molar-refractivity contribution is 4.89. The van der Waals surface area contributed by atoms with Crippen LogP contribution in [0.4, 0.5) is 0 Å². The van der Waals surface area contributed by atoms with Gasteiger partial charge in [-0.2, -0.15) is 0 Å². The molecular formula is C13H27N. The molecule has 0 aromatic rings. The highest BCUT2D eigenvalue weighted by Crippen LogP contribution is 2.40. The summed E-state index contributed by atoms with van der Waals surface area (Å²) in [4.78, 5) is 0. The van der Waals surface area contributed by atoms with Gasteiger partial charge >= 0.3 is 0 Å². The molecule has 1 heterocycles. The molecule has 1 aliphatic rings. The van der Waals surface area contributed by atoms with Crippen LogP contribution in [0.2, 0.25) is 0 Å². The van der Waals surface area contributed by atoms with Crippen molar-refractivity contribution in [2.75, 3.05) is 13.1 Å². The van der Waals surface area contributed by atoms with E-state index in [9.17, 15) is 0 Å². The van der Waals surface area contributed by atoms with E-state index in [0.717, 1.165) is 17.8 Å². The summed E-state index contributed by atoms with van der Waals surface area (Å²) in [6, 6.07) is 0. The van der Waals surface area contributed by atoms with Crippen LogP contribution in [0, 0.1) is 23.2 Å². The summed E-state index contributed by atoms with van der Waals surface area (Å²) >= 11 is 0. The minimum atomic E-state index is 0.487. The molecule has 1 fully saturated rings. The molecule has 1 saturated heterocycles. The van der Waals surface area contributed by atoms with Gasteiger partial charge < -0.3 is 5.32 Å². The van der Waals surface area contributed by atoms with Gasteiger partial charge in [0.1, 0.15) is 0 Å². The smallest absolute Gasteiger partial charge is 0.000528 e. The second-order valence-electron chi connectivity index (χ2n) is 5.81. The minimum Gasteiger partial charge on any atom is -0.316 e. The number of hydrogen-bond acceptors (Lipinski definition) is 1. The Hall–Kier alpha value is -0.0400. The minimum absolute atomic E-state index is 0.487. The Kier molecular flexibility index (Phi) is 4.00. The molecule has 0 spiro atoms. The lowest BCUT2D eigenvalue weighted by Gasteiger charge is -2.44. The average molecular weight is 197 g/mol. The summed E-state index contributed by atoms with van der Waals surface area (Å²) in [5, 5.41) is 3.52. The first-order chi connectivity index (χ1) is 6.49. The van der Waals surface area contributed by atoms with Crippen LogP contribution in [0.5, 0.6) is 0 Å². The third-order valence-electron chi connectivity index (χ3n) is 4.39. The predicted octanol–water partition coefficient (Wildman–Crippen LogP) is 3.30. The van der Waals surface area contributed by atoms with Gasteiger partial charge in [-0.1, -0.05) is 41.0 Å². The lowest BCUT2D eigenvalue weighted by atomic mass is 9.65. The number of nitrogens with one attached hydrogen (secondary N) is 1. The molecule has 1 N–H and O–H groups in total. The van der Waals surface area contributed by atoms with E-state index in [1.165, 1.54) is 25.9 Å². The van der Waals surface area contributed by atoms with Gasteiger partial charge in [0.25, 0.3) is 0 Å². The molecule has 3 atom stereocenters. The van der Waals surface area contributed by atoms with Gasteiger partial charge in [0.15, 0.2) is 0 Å². The van der Waals surface area contributed by atoms with Crippen molar-refractivity contribution in [2.45, 2.75) is 47.5 Å². The van der Waals surface area contributed by atoms with Crippen LogP contribution in [-0.4, -0.2) is 13.1 Å². The van der Waals surface area contributed by atoms with Crippen LogP contribution in [0.25, 0.3) is 0 Å². The largest absolute Gasteiger partial charge is 0.316 e. The Balaban J connectivity index is 2.64. The molecule has 0 aromatic heterocycles. The van der Waals surface area contributed by atoms with E-state index >= 15 is 0 Å². The molecule has 1 heteroatoms. The Labute approximate surface area is 89.7 Å². The van der Waals surface area contributed by atoms with Crippen molar-refractivity contribution in [2.24, 2.45) is 23.2 Å². The molecule has 0 bridgehead atoms. The maximum atomic E-state index is 3.52. The monoisotopic (exact) mass is 197 g/mol. The summed E-state index contributed by atoms with van der Waals surface area (Å²) in [5.74, 6) is 2.65. The molecule has 3 unspecified atom stereocenters. The van der Waals surface area contributed by atoms with Crippen molar-refractivity contribution in [3.63, 3.8) is 0 Å². The predicted molar refractivity (Wildman–Crippen MR) is 63.4 cm³/mol. The molecule has 0 amide bonds. The SMILES string of the molecule is CCC(C)C(C)C1CCNCC1(C)C. The van der Waals surface area contributed by atoms with Gasteiger partial charge in [0.05, 0.1) is 0 Å². The number of rotatable bonds is 3. The zero-order valence-corrected chi connectivity index (χ0v) is 10.6. The van der Waals surface area contributed by atoms with E-state index in [0.29, 0.717) is 5.41 Å². The summed E-state index contributed by atoms with van der Waals surface area (Å²) in [7, 11) is 0. The third-order valence-corrected chi connectivity index (χ3v) is 4.39. The molecule has 14 heavy (non-hydrogen) atoms. The summed E-state index contributed by atoms with van der Waals surface area (Å²) < 4.78 is 0. The van der Waals surface area contributed by atoms with Gasteiger partial charge in [-0.05, 0) is 36.1 Å². The topological polar surface area (TPSA) is 12.0 Å². The Morgan fingerprint density at radius 1 is 1.36 bits per heavy atom. The Bertz CT molecular complexity index is 174. The van der Waals surface area contributed by atoms with Crippen LogP contribution in [0.15, 0.2) is 0 Å². The molecule has 84 valence electrons. The van der Waals surface area contributed by atoms with Crippen molar-refractivity contribution in [3.8, 4) is 0 Å². The highest BCUT2D eigenvalue weighted by Gasteiger charge is 2.36. The standard InChI is InChI=1S/C13H27N/c1-6-10(2)11(3)12-7-8-14-9-13(12,4)5/h10-12,14H,6-9H2,1-5H3. The van der Waals surface area contributed by atoms with Crippen molar-refractivity contribution in [3.05, 3.63) is 0 Å². The number of hydrogen-bond donors (Lipinski definition) is 1. The lowest BCUT2D eigenvalue weighted by molar-refractivity contribution is 0.0756. The number of piperidine rings is 1. The van der Waals surface area contributed by atoms with Gasteiger partial charge in [-0.25, -0.2) is 0 Å². The van der Waals surface area contributed by atoms with Gasteiger partial charge in [-0.15, -0.1) is 0 Å². The van der Waals surface area contributed by atoms with E-state index in [1.54, 1.807) is 0 Å². The van der Waals surface area contributed by atoms with Crippen molar-refractivity contribution in [1.82, 2.24) is 5.32 Å². The molecule has 0 aliphatic carbocycles. The maximum absolute atomic E-state index is 3.52. The van der Waals surface area contributed by atoms with Crippen LogP contribution in [-0.2, 0) is 0 Å². The quantitative estimate of drug-likeness (QED) is 0.732. The fourth-order valence-corrected chi connectivity index (χ4v) is 2.93. The summed E-state index contributed by atoms with van der Waals surface area (Å²) in [5.41, 5.74) is 0.487. The van der Waals surface area contributed by atoms with E-state index in [2.05, 4.69) is 39.9 Å². The normalized spacial score (nSPS) is 31.1. The Morgan fingerprint density at radius 2 is 2.00 bits per heavy atom. The highest BCUT2D eigenvalue weighted by atomic mass is 14.9. The Morgan fingerprint density at radius 3 is 2.50 bits per heavy atom. The molecule has 1 rings (SSSR count). The maximum Gasteiger partial charge on any atom is 0.000528 e. The second kappa shape index (κ2) is 4.65. The van der Waals surface area contributed by atoms with Crippen molar-refractivity contribution < 1.29 is 0 Å². The van der Waals surface area contributed by atoms with Gasteiger partial charge in [0.2, 0.25) is 0 Å². The van der Waals surface area contributed by atoms with Crippen LogP contribution < -0.4 is 5.32 Å². The molecule has 0 aromatic carbocycles. The zero-order chi connectivity index (χ0) is 10.8. The van der Waals surface area contributed by atoms with E-state index in [4.69, 9.17) is 0 Å². The second-order valence-corrected chi connectivity index (χ2v) is 5.81. The molecule has 1 nitrogen and oxygen atoms in total. The summed E-state index contributed by atoms with van der Waals surface area (Å²) in [6.45, 7) is 14.4. The van der Waals surface area contributed by atoms with Gasteiger partial charge in [-0.3, -0.25) is 0 Å². The lowest BCUT2D eigenvalue weighted by Crippen LogP contribution is -2.46. The first-order valence-electron chi connectivity index (χ1n) is 6.19. The fourth-order valence-electron chi connectivity index (χ4n) is 2.93. The summed E-state index contributed by atoms with van der Waals surface area (Å²) in [6.07, 6.45) is 2.68. The van der Waals surface area contributed by atoms with Crippen molar-refractivity contribution >= 4 is 0 Å². The average Bonchev–Trinajstić information content (AvgIpc) is 2.15. The third kappa shape index (κ3) is 2.50. The van der Waals surface area contributed by atoms with E-state index < -0.39 is 0 Å². The first kappa shape index (κ1) is 12.0. The zero-order valence-electron chi connectivity index (χ0n) is 10.6. The van der Waals surface area contributed by atoms with Crippen LogP contribution >= 0.6 is 0 Å². The molecule has 0 saturated carbocycles. The molecule has 1 aliphatic heterocycles. The molecule has 0 radical (unpaired) electrons. The van der Waals surface area contributed by atoms with E-state index in [1.807, 2.05) is 0 Å². The van der Waals surface area contributed by atoms with Crippen molar-refractivity contribution in [1.29, 1.82) is 0 Å². The molecular weight excluding hydrogens is 170 g/mol.